The lowest BCUT2D eigenvalue weighted by Crippen LogP contribution is -2.33. The monoisotopic (exact) mass is 264 g/mol. The van der Waals surface area contributed by atoms with Crippen LogP contribution in [0.1, 0.15) is 39.2 Å². The van der Waals surface area contributed by atoms with Crippen LogP contribution in [0.2, 0.25) is 0 Å². The molecule has 0 atom stereocenters. The van der Waals surface area contributed by atoms with E-state index < -0.39 is 0 Å². The summed E-state index contributed by atoms with van der Waals surface area (Å²) in [7, 11) is 0. The minimum absolute atomic E-state index is 0.495. The molecule has 0 heterocycles. The van der Waals surface area contributed by atoms with E-state index in [1.165, 1.54) is 12.0 Å². The summed E-state index contributed by atoms with van der Waals surface area (Å²) in [5, 5.41) is 0. The van der Waals surface area contributed by atoms with Crippen molar-refractivity contribution < 1.29 is 4.74 Å². The molecular formula is C16H28N2O. The Bertz CT molecular complexity index is 352. The average molecular weight is 264 g/mol. The molecule has 0 saturated heterocycles. The van der Waals surface area contributed by atoms with Crippen molar-refractivity contribution >= 4 is 5.69 Å². The number of hydrogen-bond donors (Lipinski definition) is 1. The van der Waals surface area contributed by atoms with Crippen molar-refractivity contribution in [1.82, 2.24) is 4.90 Å². The van der Waals surface area contributed by atoms with Gasteiger partial charge in [0.1, 0.15) is 0 Å². The molecular weight excluding hydrogens is 236 g/mol. The first-order chi connectivity index (χ1) is 9.15. The van der Waals surface area contributed by atoms with Crippen molar-refractivity contribution in [2.75, 3.05) is 25.5 Å². The maximum Gasteiger partial charge on any atom is 0.0593 e. The molecule has 0 fully saturated rings. The van der Waals surface area contributed by atoms with E-state index in [4.69, 9.17) is 10.5 Å². The molecule has 2 N–H and O–H groups in total. The van der Waals surface area contributed by atoms with Crippen LogP contribution in [-0.2, 0) is 11.3 Å². The zero-order valence-corrected chi connectivity index (χ0v) is 12.6. The highest BCUT2D eigenvalue weighted by molar-refractivity contribution is 5.46. The van der Waals surface area contributed by atoms with Crippen LogP contribution in [0, 0.1) is 0 Å². The first kappa shape index (κ1) is 16.0. The number of para-hydroxylation sites is 1. The lowest BCUT2D eigenvalue weighted by Gasteiger charge is -2.27. The topological polar surface area (TPSA) is 38.5 Å². The summed E-state index contributed by atoms with van der Waals surface area (Å²) in [6.45, 7) is 10.1. The molecule has 1 aromatic carbocycles. The number of hydrogen-bond acceptors (Lipinski definition) is 3. The molecule has 1 aromatic rings. The Morgan fingerprint density at radius 2 is 1.95 bits per heavy atom. The van der Waals surface area contributed by atoms with E-state index in [9.17, 15) is 0 Å². The van der Waals surface area contributed by atoms with E-state index >= 15 is 0 Å². The number of benzene rings is 1. The fraction of sp³-hybridized carbons (Fsp3) is 0.625. The maximum atomic E-state index is 6.01. The second kappa shape index (κ2) is 8.94. The van der Waals surface area contributed by atoms with Crippen molar-refractivity contribution in [2.45, 2.75) is 46.2 Å². The Balaban J connectivity index is 2.43. The molecule has 0 unspecified atom stereocenters. The van der Waals surface area contributed by atoms with Gasteiger partial charge in [0.25, 0.3) is 0 Å². The SMILES string of the molecule is CCCCOCCN(Cc1ccccc1N)C(C)C. The largest absolute Gasteiger partial charge is 0.398 e. The number of unbranched alkanes of at least 4 members (excludes halogenated alkanes) is 1. The summed E-state index contributed by atoms with van der Waals surface area (Å²) in [6.07, 6.45) is 2.34. The van der Waals surface area contributed by atoms with E-state index in [1.807, 2.05) is 18.2 Å². The van der Waals surface area contributed by atoms with Crippen molar-refractivity contribution in [3.8, 4) is 0 Å². The van der Waals surface area contributed by atoms with Crippen molar-refractivity contribution in [1.29, 1.82) is 0 Å². The third-order valence-electron chi connectivity index (χ3n) is 3.32. The summed E-state index contributed by atoms with van der Waals surface area (Å²) < 4.78 is 5.65. The highest BCUT2D eigenvalue weighted by Gasteiger charge is 2.11. The van der Waals surface area contributed by atoms with E-state index in [0.29, 0.717) is 6.04 Å². The van der Waals surface area contributed by atoms with Gasteiger partial charge in [0, 0.05) is 31.4 Å². The molecule has 0 amide bonds. The number of rotatable bonds is 9. The third kappa shape index (κ3) is 6.08. The normalized spacial score (nSPS) is 11.4. The zero-order chi connectivity index (χ0) is 14.1. The van der Waals surface area contributed by atoms with Crippen LogP contribution < -0.4 is 5.73 Å². The van der Waals surface area contributed by atoms with Crippen molar-refractivity contribution in [2.24, 2.45) is 0 Å². The molecule has 3 heteroatoms. The minimum atomic E-state index is 0.495. The Kier molecular flexibility index (Phi) is 7.53. The van der Waals surface area contributed by atoms with E-state index in [1.54, 1.807) is 0 Å². The highest BCUT2D eigenvalue weighted by Crippen LogP contribution is 2.14. The van der Waals surface area contributed by atoms with E-state index in [0.717, 1.165) is 38.4 Å². The van der Waals surface area contributed by atoms with Crippen LogP contribution in [0.5, 0.6) is 0 Å². The summed E-state index contributed by atoms with van der Waals surface area (Å²) in [6, 6.07) is 8.58. The Hall–Kier alpha value is -1.06. The number of anilines is 1. The summed E-state index contributed by atoms with van der Waals surface area (Å²) in [5.41, 5.74) is 8.08. The smallest absolute Gasteiger partial charge is 0.0593 e. The van der Waals surface area contributed by atoms with Gasteiger partial charge in [-0.2, -0.15) is 0 Å². The molecule has 0 saturated carbocycles. The molecule has 19 heavy (non-hydrogen) atoms. The van der Waals surface area contributed by atoms with Crippen LogP contribution in [0.4, 0.5) is 5.69 Å². The van der Waals surface area contributed by atoms with Gasteiger partial charge in [0.05, 0.1) is 6.61 Å². The van der Waals surface area contributed by atoms with Gasteiger partial charge in [-0.15, -0.1) is 0 Å². The van der Waals surface area contributed by atoms with Crippen LogP contribution in [0.25, 0.3) is 0 Å². The van der Waals surface area contributed by atoms with Gasteiger partial charge in [-0.25, -0.2) is 0 Å². The van der Waals surface area contributed by atoms with Crippen LogP contribution in [-0.4, -0.2) is 30.7 Å². The number of nitrogens with zero attached hydrogens (tertiary/aromatic N) is 1. The number of nitrogen functional groups attached to an aromatic ring is 1. The zero-order valence-electron chi connectivity index (χ0n) is 12.6. The average Bonchev–Trinajstić information content (AvgIpc) is 2.39. The van der Waals surface area contributed by atoms with Crippen LogP contribution in [0.15, 0.2) is 24.3 Å². The minimum Gasteiger partial charge on any atom is -0.398 e. The molecule has 0 aromatic heterocycles. The van der Waals surface area contributed by atoms with Crippen LogP contribution in [0.3, 0.4) is 0 Å². The highest BCUT2D eigenvalue weighted by atomic mass is 16.5. The van der Waals surface area contributed by atoms with Gasteiger partial charge >= 0.3 is 0 Å². The molecule has 0 spiro atoms. The van der Waals surface area contributed by atoms with Gasteiger partial charge in [-0.05, 0) is 31.9 Å². The Morgan fingerprint density at radius 1 is 1.21 bits per heavy atom. The van der Waals surface area contributed by atoms with Crippen LogP contribution >= 0.6 is 0 Å². The summed E-state index contributed by atoms with van der Waals surface area (Å²) in [4.78, 5) is 2.40. The Morgan fingerprint density at radius 3 is 2.58 bits per heavy atom. The summed E-state index contributed by atoms with van der Waals surface area (Å²) in [5.74, 6) is 0. The fourth-order valence-corrected chi connectivity index (χ4v) is 1.95. The molecule has 108 valence electrons. The van der Waals surface area contributed by atoms with E-state index in [-0.39, 0.29) is 0 Å². The van der Waals surface area contributed by atoms with Gasteiger partial charge < -0.3 is 10.5 Å². The second-order valence-electron chi connectivity index (χ2n) is 5.23. The predicted molar refractivity (Wildman–Crippen MR) is 82.1 cm³/mol. The lowest BCUT2D eigenvalue weighted by molar-refractivity contribution is 0.0878. The van der Waals surface area contributed by atoms with Gasteiger partial charge in [-0.3, -0.25) is 4.90 Å². The van der Waals surface area contributed by atoms with E-state index in [2.05, 4.69) is 31.7 Å². The molecule has 3 nitrogen and oxygen atoms in total. The quantitative estimate of drug-likeness (QED) is 0.549. The van der Waals surface area contributed by atoms with Gasteiger partial charge in [0.15, 0.2) is 0 Å². The van der Waals surface area contributed by atoms with Crippen molar-refractivity contribution in [3.05, 3.63) is 29.8 Å². The molecule has 0 aliphatic carbocycles. The first-order valence-corrected chi connectivity index (χ1v) is 7.30. The first-order valence-electron chi connectivity index (χ1n) is 7.30. The second-order valence-corrected chi connectivity index (χ2v) is 5.23. The number of nitrogens with two attached hydrogens (primary N) is 1. The number of ether oxygens (including phenoxy) is 1. The van der Waals surface area contributed by atoms with Gasteiger partial charge in [-0.1, -0.05) is 31.5 Å². The summed E-state index contributed by atoms with van der Waals surface area (Å²) >= 11 is 0. The Labute approximate surface area is 117 Å². The molecule has 0 bridgehead atoms. The molecule has 0 aliphatic rings. The molecule has 0 aliphatic heterocycles. The van der Waals surface area contributed by atoms with Gasteiger partial charge in [0.2, 0.25) is 0 Å². The maximum absolute atomic E-state index is 6.01. The predicted octanol–water partition coefficient (Wildman–Crippen LogP) is 3.30. The lowest BCUT2D eigenvalue weighted by atomic mass is 10.1. The fourth-order valence-electron chi connectivity index (χ4n) is 1.95. The molecule has 0 radical (unpaired) electrons. The molecule has 1 rings (SSSR count). The standard InChI is InChI=1S/C16H28N2O/c1-4-5-11-19-12-10-18(14(2)3)13-15-8-6-7-9-16(15)17/h6-9,14H,4-5,10-13,17H2,1-3H3. The van der Waals surface area contributed by atoms with Crippen molar-refractivity contribution in [3.63, 3.8) is 0 Å². The third-order valence-corrected chi connectivity index (χ3v) is 3.32.